The van der Waals surface area contributed by atoms with E-state index in [2.05, 4.69) is 20.7 Å². The van der Waals surface area contributed by atoms with Crippen molar-refractivity contribution in [3.05, 3.63) is 101 Å². The molecule has 0 unspecified atom stereocenters. The predicted molar refractivity (Wildman–Crippen MR) is 135 cm³/mol. The quantitative estimate of drug-likeness (QED) is 0.123. The molecular formula is C25H20ClN5O3S. The molecule has 0 saturated carbocycles. The predicted octanol–water partition coefficient (Wildman–Crippen LogP) is 4.69. The minimum Gasteiger partial charge on any atom is -0.423 e. The number of benzene rings is 3. The average molecular weight is 506 g/mol. The van der Waals surface area contributed by atoms with Crippen molar-refractivity contribution in [1.82, 2.24) is 20.2 Å². The van der Waals surface area contributed by atoms with Crippen molar-refractivity contribution in [3.8, 4) is 11.4 Å². The number of amides is 1. The first-order valence-corrected chi connectivity index (χ1v) is 11.9. The van der Waals surface area contributed by atoms with Crippen molar-refractivity contribution < 1.29 is 14.3 Å². The second-order valence-corrected chi connectivity index (χ2v) is 8.57. The molecule has 3 aromatic carbocycles. The first-order chi connectivity index (χ1) is 17.0. The maximum Gasteiger partial charge on any atom is 0.345 e. The lowest BCUT2D eigenvalue weighted by molar-refractivity contribution is -0.118. The van der Waals surface area contributed by atoms with Gasteiger partial charge in [-0.3, -0.25) is 9.36 Å². The zero-order valence-corrected chi connectivity index (χ0v) is 20.2. The number of carbonyl (C=O) groups excluding carboxylic acids is 2. The SMILES string of the molecule is Cc1nnc(SCC(=O)N/N=C/c2ccc(OC(=O)c3ccccc3Cl)cc2)n1-c1ccccc1. The summed E-state index contributed by atoms with van der Waals surface area (Å²) in [5.74, 6) is 0.402. The van der Waals surface area contributed by atoms with Crippen LogP contribution in [-0.4, -0.2) is 38.6 Å². The molecule has 4 aromatic rings. The Bertz CT molecular complexity index is 1360. The highest BCUT2D eigenvalue weighted by Crippen LogP contribution is 2.21. The minimum absolute atomic E-state index is 0.124. The first kappa shape index (κ1) is 24.2. The van der Waals surface area contributed by atoms with Crippen molar-refractivity contribution in [1.29, 1.82) is 0 Å². The number of thioether (sulfide) groups is 1. The molecule has 0 bridgehead atoms. The topological polar surface area (TPSA) is 98.5 Å². The maximum atomic E-state index is 12.2. The fourth-order valence-corrected chi connectivity index (χ4v) is 4.07. The number of esters is 1. The molecule has 0 spiro atoms. The average Bonchev–Trinajstić information content (AvgIpc) is 3.24. The molecule has 1 aromatic heterocycles. The highest BCUT2D eigenvalue weighted by Gasteiger charge is 2.13. The number of nitrogens with zero attached hydrogens (tertiary/aromatic N) is 4. The Kier molecular flexibility index (Phi) is 7.92. The smallest absolute Gasteiger partial charge is 0.345 e. The van der Waals surface area contributed by atoms with Crippen molar-refractivity contribution >= 4 is 41.5 Å². The fourth-order valence-electron chi connectivity index (χ4n) is 3.06. The molecule has 176 valence electrons. The van der Waals surface area contributed by atoms with Gasteiger partial charge in [-0.25, -0.2) is 10.2 Å². The van der Waals surface area contributed by atoms with Crippen LogP contribution in [0, 0.1) is 6.92 Å². The van der Waals surface area contributed by atoms with E-state index in [1.54, 1.807) is 48.5 Å². The lowest BCUT2D eigenvalue weighted by atomic mass is 10.2. The highest BCUT2D eigenvalue weighted by molar-refractivity contribution is 7.99. The molecule has 0 aliphatic carbocycles. The van der Waals surface area contributed by atoms with Gasteiger partial charge in [0.05, 0.1) is 22.6 Å². The van der Waals surface area contributed by atoms with Gasteiger partial charge >= 0.3 is 5.97 Å². The van der Waals surface area contributed by atoms with Crippen LogP contribution in [0.15, 0.2) is 89.1 Å². The first-order valence-electron chi connectivity index (χ1n) is 10.5. The zero-order valence-electron chi connectivity index (χ0n) is 18.6. The molecule has 1 amide bonds. The second-order valence-electron chi connectivity index (χ2n) is 7.22. The van der Waals surface area contributed by atoms with Crippen molar-refractivity contribution in [2.45, 2.75) is 12.1 Å². The van der Waals surface area contributed by atoms with E-state index in [1.807, 2.05) is 41.8 Å². The zero-order chi connectivity index (χ0) is 24.6. The lowest BCUT2D eigenvalue weighted by Gasteiger charge is -2.07. The number of aromatic nitrogens is 3. The number of hydrogen-bond donors (Lipinski definition) is 1. The van der Waals surface area contributed by atoms with Crippen molar-refractivity contribution in [2.75, 3.05) is 5.75 Å². The van der Waals surface area contributed by atoms with Gasteiger partial charge in [-0.1, -0.05) is 53.7 Å². The monoisotopic (exact) mass is 505 g/mol. The van der Waals surface area contributed by atoms with Gasteiger partial charge in [0, 0.05) is 5.69 Å². The molecule has 0 aliphatic rings. The molecular weight excluding hydrogens is 486 g/mol. The van der Waals surface area contributed by atoms with Crippen LogP contribution in [-0.2, 0) is 4.79 Å². The summed E-state index contributed by atoms with van der Waals surface area (Å²) >= 11 is 7.29. The summed E-state index contributed by atoms with van der Waals surface area (Å²) in [7, 11) is 0. The van der Waals surface area contributed by atoms with Crippen molar-refractivity contribution in [2.24, 2.45) is 5.10 Å². The third-order valence-corrected chi connectivity index (χ3v) is 5.99. The molecule has 8 nitrogen and oxygen atoms in total. The van der Waals surface area contributed by atoms with Gasteiger partial charge < -0.3 is 4.74 Å². The Balaban J connectivity index is 1.28. The van der Waals surface area contributed by atoms with Gasteiger partial charge in [0.1, 0.15) is 11.6 Å². The number of halogens is 1. The Morgan fingerprint density at radius 2 is 1.74 bits per heavy atom. The summed E-state index contributed by atoms with van der Waals surface area (Å²) in [5.41, 5.74) is 4.43. The van der Waals surface area contributed by atoms with Gasteiger partial charge in [0.2, 0.25) is 0 Å². The van der Waals surface area contributed by atoms with E-state index in [9.17, 15) is 9.59 Å². The van der Waals surface area contributed by atoms with Crippen LogP contribution < -0.4 is 10.2 Å². The molecule has 0 radical (unpaired) electrons. The van der Waals surface area contributed by atoms with Gasteiger partial charge in [0.25, 0.3) is 5.91 Å². The van der Waals surface area contributed by atoms with E-state index in [4.69, 9.17) is 16.3 Å². The molecule has 4 rings (SSSR count). The number of rotatable bonds is 8. The van der Waals surface area contributed by atoms with Crippen LogP contribution in [0.2, 0.25) is 5.02 Å². The fraction of sp³-hybridized carbons (Fsp3) is 0.0800. The molecule has 1 heterocycles. The van der Waals surface area contributed by atoms with E-state index < -0.39 is 5.97 Å². The van der Waals surface area contributed by atoms with Crippen LogP contribution >= 0.6 is 23.4 Å². The van der Waals surface area contributed by atoms with Crippen molar-refractivity contribution in [3.63, 3.8) is 0 Å². The van der Waals surface area contributed by atoms with Crippen LogP contribution in [0.5, 0.6) is 5.75 Å². The van der Waals surface area contributed by atoms with E-state index in [0.717, 1.165) is 17.1 Å². The summed E-state index contributed by atoms with van der Waals surface area (Å²) in [6.07, 6.45) is 1.50. The number of hydrogen-bond acceptors (Lipinski definition) is 7. The van der Waals surface area contributed by atoms with Crippen LogP contribution in [0.25, 0.3) is 5.69 Å². The molecule has 1 N–H and O–H groups in total. The van der Waals surface area contributed by atoms with Crippen LogP contribution in [0.3, 0.4) is 0 Å². The number of para-hydroxylation sites is 1. The Morgan fingerprint density at radius 3 is 2.49 bits per heavy atom. The van der Waals surface area contributed by atoms with Crippen LogP contribution in [0.4, 0.5) is 0 Å². The summed E-state index contributed by atoms with van der Waals surface area (Å²) in [6, 6.07) is 23.1. The molecule has 10 heteroatoms. The van der Waals surface area contributed by atoms with E-state index in [-0.39, 0.29) is 17.2 Å². The minimum atomic E-state index is -0.542. The standard InChI is InChI=1S/C25H20ClN5O3S/c1-17-28-30-25(31(17)19-7-3-2-4-8-19)35-16-23(32)29-27-15-18-11-13-20(14-12-18)34-24(33)21-9-5-6-10-22(21)26/h2-15H,16H2,1H3,(H,29,32)/b27-15+. The summed E-state index contributed by atoms with van der Waals surface area (Å²) in [6.45, 7) is 1.86. The van der Waals surface area contributed by atoms with Gasteiger partial charge in [-0.2, -0.15) is 5.10 Å². The number of carbonyl (C=O) groups is 2. The molecule has 35 heavy (non-hydrogen) atoms. The normalized spacial score (nSPS) is 10.9. The Labute approximate surface area is 211 Å². The highest BCUT2D eigenvalue weighted by atomic mass is 35.5. The van der Waals surface area contributed by atoms with E-state index in [1.165, 1.54) is 18.0 Å². The number of hydrazone groups is 1. The molecule has 0 aliphatic heterocycles. The van der Waals surface area contributed by atoms with Gasteiger partial charge in [-0.05, 0) is 61.0 Å². The third-order valence-electron chi connectivity index (χ3n) is 4.73. The molecule has 0 saturated heterocycles. The van der Waals surface area contributed by atoms with E-state index >= 15 is 0 Å². The Hall–Kier alpha value is -3.95. The second kappa shape index (κ2) is 11.5. The lowest BCUT2D eigenvalue weighted by Crippen LogP contribution is -2.20. The van der Waals surface area contributed by atoms with Gasteiger partial charge in [-0.15, -0.1) is 10.2 Å². The summed E-state index contributed by atoms with van der Waals surface area (Å²) < 4.78 is 7.23. The maximum absolute atomic E-state index is 12.2. The number of nitrogens with one attached hydrogen (secondary N) is 1. The molecule has 0 atom stereocenters. The van der Waals surface area contributed by atoms with Gasteiger partial charge in [0.15, 0.2) is 5.16 Å². The Morgan fingerprint density at radius 1 is 1.03 bits per heavy atom. The number of ether oxygens (including phenoxy) is 1. The van der Waals surface area contributed by atoms with Crippen LogP contribution in [0.1, 0.15) is 21.7 Å². The summed E-state index contributed by atoms with van der Waals surface area (Å²) in [5, 5.41) is 13.2. The number of aryl methyl sites for hydroxylation is 1. The third kappa shape index (κ3) is 6.34. The largest absolute Gasteiger partial charge is 0.423 e. The van der Waals surface area contributed by atoms with E-state index in [0.29, 0.717) is 15.9 Å². The molecule has 0 fully saturated rings. The summed E-state index contributed by atoms with van der Waals surface area (Å²) in [4.78, 5) is 24.5.